The zero-order valence-electron chi connectivity index (χ0n) is 13.1. The maximum absolute atomic E-state index is 12.1. The molecule has 1 heterocycles. The van der Waals surface area contributed by atoms with Gasteiger partial charge in [0.15, 0.2) is 0 Å². The Morgan fingerprint density at radius 2 is 1.95 bits per heavy atom. The highest BCUT2D eigenvalue weighted by Gasteiger charge is 2.35. The van der Waals surface area contributed by atoms with Crippen LogP contribution in [0.15, 0.2) is 30.4 Å². The van der Waals surface area contributed by atoms with Crippen LogP contribution in [0, 0.1) is 6.92 Å². The van der Waals surface area contributed by atoms with Gasteiger partial charge in [0.2, 0.25) is 0 Å². The third-order valence-electron chi connectivity index (χ3n) is 3.38. The van der Waals surface area contributed by atoms with E-state index in [1.54, 1.807) is 6.07 Å². The molecule has 0 aromatic heterocycles. The highest BCUT2D eigenvalue weighted by molar-refractivity contribution is 6.52. The SMILES string of the molecule is C=C(CNC(C)(C)C)CN1C(=O)C(=O)c2cc(C)ccc21. The standard InChI is InChI=1S/C17H22N2O2/c1-11-6-7-14-13(8-11)15(20)16(21)19(14)10-12(2)9-18-17(3,4)5/h6-8,18H,2,9-10H2,1,3-5H3. The minimum atomic E-state index is -0.465. The Hall–Kier alpha value is -1.94. The van der Waals surface area contributed by atoms with E-state index in [2.05, 4.69) is 32.7 Å². The maximum atomic E-state index is 12.1. The summed E-state index contributed by atoms with van der Waals surface area (Å²) in [5.74, 6) is -0.891. The number of carbonyl (C=O) groups is 2. The lowest BCUT2D eigenvalue weighted by atomic mass is 10.1. The van der Waals surface area contributed by atoms with Gasteiger partial charge in [-0.1, -0.05) is 18.2 Å². The van der Waals surface area contributed by atoms with E-state index in [4.69, 9.17) is 0 Å². The van der Waals surface area contributed by atoms with Gasteiger partial charge in [-0.25, -0.2) is 0 Å². The second-order valence-electron chi connectivity index (χ2n) is 6.59. The molecule has 0 spiro atoms. The molecule has 1 aromatic carbocycles. The van der Waals surface area contributed by atoms with Crippen LogP contribution in [0.1, 0.15) is 36.7 Å². The van der Waals surface area contributed by atoms with Gasteiger partial charge >= 0.3 is 0 Å². The summed E-state index contributed by atoms with van der Waals surface area (Å²) < 4.78 is 0. The lowest BCUT2D eigenvalue weighted by molar-refractivity contribution is -0.114. The van der Waals surface area contributed by atoms with Crippen molar-refractivity contribution in [2.24, 2.45) is 0 Å². The Balaban J connectivity index is 2.13. The van der Waals surface area contributed by atoms with E-state index in [1.165, 1.54) is 4.90 Å². The molecule has 0 saturated carbocycles. The number of ketones is 1. The maximum Gasteiger partial charge on any atom is 0.299 e. The summed E-state index contributed by atoms with van der Waals surface area (Å²) in [7, 11) is 0. The van der Waals surface area contributed by atoms with Crippen LogP contribution in [0.2, 0.25) is 0 Å². The van der Waals surface area contributed by atoms with Gasteiger partial charge in [-0.15, -0.1) is 0 Å². The van der Waals surface area contributed by atoms with E-state index in [9.17, 15) is 9.59 Å². The van der Waals surface area contributed by atoms with Crippen LogP contribution < -0.4 is 10.2 Å². The molecule has 4 heteroatoms. The molecule has 2 rings (SSSR count). The van der Waals surface area contributed by atoms with E-state index in [0.29, 0.717) is 24.3 Å². The molecule has 1 aliphatic rings. The molecule has 1 aromatic rings. The van der Waals surface area contributed by atoms with Crippen molar-refractivity contribution < 1.29 is 9.59 Å². The van der Waals surface area contributed by atoms with E-state index < -0.39 is 11.7 Å². The Kier molecular flexibility index (Phi) is 4.01. The first-order chi connectivity index (χ1) is 9.69. The molecule has 0 fully saturated rings. The number of fused-ring (bicyclic) bond motifs is 1. The number of hydrogen-bond donors (Lipinski definition) is 1. The second kappa shape index (κ2) is 5.45. The van der Waals surface area contributed by atoms with Crippen LogP contribution in [-0.4, -0.2) is 30.3 Å². The van der Waals surface area contributed by atoms with Gasteiger partial charge in [-0.05, 0) is 45.4 Å². The quantitative estimate of drug-likeness (QED) is 0.683. The highest BCUT2D eigenvalue weighted by Crippen LogP contribution is 2.30. The summed E-state index contributed by atoms with van der Waals surface area (Å²) in [4.78, 5) is 25.7. The van der Waals surface area contributed by atoms with Gasteiger partial charge in [-0.3, -0.25) is 9.59 Å². The lowest BCUT2D eigenvalue weighted by Crippen LogP contribution is -2.39. The van der Waals surface area contributed by atoms with Crippen molar-refractivity contribution in [3.8, 4) is 0 Å². The molecule has 0 unspecified atom stereocenters. The summed E-state index contributed by atoms with van der Waals surface area (Å²) in [6.45, 7) is 13.1. The molecular formula is C17H22N2O2. The summed E-state index contributed by atoms with van der Waals surface area (Å²) >= 11 is 0. The topological polar surface area (TPSA) is 49.4 Å². The minimum Gasteiger partial charge on any atom is -0.308 e. The number of carbonyl (C=O) groups excluding carboxylic acids is 2. The van der Waals surface area contributed by atoms with Crippen molar-refractivity contribution in [2.75, 3.05) is 18.0 Å². The normalized spacial score (nSPS) is 14.6. The predicted octanol–water partition coefficient (Wildman–Crippen LogP) is 2.47. The molecule has 0 bridgehead atoms. The fraction of sp³-hybridized carbons (Fsp3) is 0.412. The number of benzene rings is 1. The number of nitrogens with one attached hydrogen (secondary N) is 1. The molecule has 0 atom stereocenters. The van der Waals surface area contributed by atoms with Crippen LogP contribution in [0.3, 0.4) is 0 Å². The summed E-state index contributed by atoms with van der Waals surface area (Å²) in [6, 6.07) is 5.51. The largest absolute Gasteiger partial charge is 0.308 e. The molecule has 4 nitrogen and oxygen atoms in total. The Bertz CT molecular complexity index is 612. The van der Waals surface area contributed by atoms with Crippen LogP contribution in [0.4, 0.5) is 5.69 Å². The van der Waals surface area contributed by atoms with Gasteiger partial charge < -0.3 is 10.2 Å². The summed E-state index contributed by atoms with van der Waals surface area (Å²) in [5.41, 5.74) is 3.02. The smallest absolute Gasteiger partial charge is 0.299 e. The first-order valence-corrected chi connectivity index (χ1v) is 7.07. The molecule has 1 N–H and O–H groups in total. The fourth-order valence-corrected chi connectivity index (χ4v) is 2.24. The van der Waals surface area contributed by atoms with E-state index in [1.807, 2.05) is 19.1 Å². The monoisotopic (exact) mass is 286 g/mol. The number of amides is 1. The molecule has 0 aliphatic carbocycles. The molecule has 112 valence electrons. The van der Waals surface area contributed by atoms with Gasteiger partial charge in [0.05, 0.1) is 11.3 Å². The van der Waals surface area contributed by atoms with Crippen molar-refractivity contribution in [3.63, 3.8) is 0 Å². The van der Waals surface area contributed by atoms with Gasteiger partial charge in [0.1, 0.15) is 0 Å². The third kappa shape index (κ3) is 3.39. The first-order valence-electron chi connectivity index (χ1n) is 7.07. The number of aryl methyl sites for hydroxylation is 1. The summed E-state index contributed by atoms with van der Waals surface area (Å²) in [5, 5.41) is 3.33. The lowest BCUT2D eigenvalue weighted by Gasteiger charge is -2.23. The van der Waals surface area contributed by atoms with Crippen molar-refractivity contribution in [1.29, 1.82) is 0 Å². The zero-order chi connectivity index (χ0) is 15.8. The third-order valence-corrected chi connectivity index (χ3v) is 3.38. The zero-order valence-corrected chi connectivity index (χ0v) is 13.1. The second-order valence-corrected chi connectivity index (χ2v) is 6.59. The number of anilines is 1. The van der Waals surface area contributed by atoms with Crippen molar-refractivity contribution in [1.82, 2.24) is 5.32 Å². The molecule has 0 saturated heterocycles. The molecule has 0 radical (unpaired) electrons. The number of rotatable bonds is 4. The predicted molar refractivity (Wildman–Crippen MR) is 84.8 cm³/mol. The Morgan fingerprint density at radius 3 is 2.57 bits per heavy atom. The molecule has 1 aliphatic heterocycles. The van der Waals surface area contributed by atoms with E-state index in [-0.39, 0.29) is 5.54 Å². The van der Waals surface area contributed by atoms with Crippen LogP contribution in [-0.2, 0) is 4.79 Å². The summed E-state index contributed by atoms with van der Waals surface area (Å²) in [6.07, 6.45) is 0. The number of hydrogen-bond acceptors (Lipinski definition) is 3. The highest BCUT2D eigenvalue weighted by atomic mass is 16.2. The van der Waals surface area contributed by atoms with Crippen LogP contribution in [0.25, 0.3) is 0 Å². The van der Waals surface area contributed by atoms with Crippen LogP contribution in [0.5, 0.6) is 0 Å². The average molecular weight is 286 g/mol. The molecular weight excluding hydrogens is 264 g/mol. The fourth-order valence-electron chi connectivity index (χ4n) is 2.24. The molecule has 21 heavy (non-hydrogen) atoms. The van der Waals surface area contributed by atoms with Gasteiger partial charge in [0, 0.05) is 18.6 Å². The van der Waals surface area contributed by atoms with Crippen LogP contribution >= 0.6 is 0 Å². The average Bonchev–Trinajstić information content (AvgIpc) is 2.61. The Labute approximate surface area is 125 Å². The van der Waals surface area contributed by atoms with E-state index in [0.717, 1.165) is 11.1 Å². The van der Waals surface area contributed by atoms with Gasteiger partial charge in [0.25, 0.3) is 11.7 Å². The first kappa shape index (κ1) is 15.4. The number of Topliss-reactive ketones (excluding diaryl/α,β-unsaturated/α-hetero) is 1. The minimum absolute atomic E-state index is 0.0111. The number of nitrogens with zero attached hydrogens (tertiary/aromatic N) is 1. The van der Waals surface area contributed by atoms with E-state index >= 15 is 0 Å². The van der Waals surface area contributed by atoms with Gasteiger partial charge in [-0.2, -0.15) is 0 Å². The van der Waals surface area contributed by atoms with Crippen molar-refractivity contribution >= 4 is 17.4 Å². The van der Waals surface area contributed by atoms with Crippen molar-refractivity contribution in [3.05, 3.63) is 41.5 Å². The van der Waals surface area contributed by atoms with Crippen molar-refractivity contribution in [2.45, 2.75) is 33.2 Å². The Morgan fingerprint density at radius 1 is 1.29 bits per heavy atom. The molecule has 1 amide bonds.